The summed E-state index contributed by atoms with van der Waals surface area (Å²) >= 11 is 2.83. The fourth-order valence-corrected chi connectivity index (χ4v) is 0. The molecule has 0 atom stereocenters. The van der Waals surface area contributed by atoms with E-state index in [1.807, 2.05) is 0 Å². The lowest BCUT2D eigenvalue weighted by Gasteiger charge is -0.999. The maximum atomic E-state index is 8.11. The Morgan fingerprint density at radius 1 is 1.60 bits per heavy atom. The van der Waals surface area contributed by atoms with E-state index in [-0.39, 0.29) is 0 Å². The fraction of sp³-hybridized carbons (Fsp3) is 0. The van der Waals surface area contributed by atoms with Crippen LogP contribution >= 0.6 is 0 Å². The van der Waals surface area contributed by atoms with Crippen LogP contribution < -0.4 is 4.97 Å². The molecule has 0 N–H and O–H groups in total. The van der Waals surface area contributed by atoms with Crippen LogP contribution in [0.1, 0.15) is 0 Å². The molecule has 0 rings (SSSR count). The second-order valence-corrected chi connectivity index (χ2v) is 0.0816. The van der Waals surface area contributed by atoms with Crippen LogP contribution in [0.4, 0.5) is 0 Å². The summed E-state index contributed by atoms with van der Waals surface area (Å²) in [5.74, 6) is 0. The van der Waals surface area contributed by atoms with E-state index < -0.39 is 0 Å². The van der Waals surface area contributed by atoms with E-state index in [4.69, 9.17) is 14.6 Å². The third-order valence-electron chi connectivity index (χ3n) is 0. The van der Waals surface area contributed by atoms with Crippen molar-refractivity contribution in [2.24, 2.45) is 0 Å². The summed E-state index contributed by atoms with van der Waals surface area (Å²) in [5.41, 5.74) is 6.64. The van der Waals surface area contributed by atoms with E-state index in [1.54, 1.807) is 0 Å². The van der Waals surface area contributed by atoms with Crippen LogP contribution in [-0.4, -0.2) is 4.21 Å². The number of hydrogen-bond donors (Lipinski definition) is 0. The highest BCUT2D eigenvalue weighted by Crippen LogP contribution is 0.905. The van der Waals surface area contributed by atoms with Crippen LogP contribution in [0.2, 0.25) is 0 Å². The molecule has 28 valence electrons. The first-order chi connectivity index (χ1) is 2.41. The van der Waals surface area contributed by atoms with Gasteiger partial charge in [0.25, 0.3) is 0 Å². The zero-order valence-corrected chi connectivity index (χ0v) is 2.94. The Kier molecular flexibility index (Phi) is 294. The number of rotatable bonds is 0. The lowest BCUT2D eigenvalue weighted by molar-refractivity contribution is 0.702. The van der Waals surface area contributed by atoms with E-state index in [1.165, 1.54) is 4.97 Å². The van der Waals surface area contributed by atoms with Gasteiger partial charge in [-0.15, -0.1) is 0 Å². The van der Waals surface area contributed by atoms with E-state index in [2.05, 4.69) is 12.5 Å². The van der Waals surface area contributed by atoms with Crippen LogP contribution in [-0.2, 0) is 12.5 Å². The summed E-state index contributed by atoms with van der Waals surface area (Å²) in [5, 5.41) is 0. The minimum absolute atomic E-state index is 1.25. The van der Waals surface area contributed by atoms with Gasteiger partial charge in [0.2, 0.25) is 0 Å². The molecule has 0 unspecified atom stereocenters. The molecule has 0 spiro atoms. The van der Waals surface area contributed by atoms with E-state index in [9.17, 15) is 0 Å². The zero-order valence-electron chi connectivity index (χ0n) is 2.12. The zero-order chi connectivity index (χ0) is 4.71. The fourth-order valence-electron chi connectivity index (χ4n) is 0. The van der Waals surface area contributed by atoms with Gasteiger partial charge in [-0.1, -0.05) is 0 Å². The molecule has 0 saturated carbocycles. The van der Waals surface area contributed by atoms with Gasteiger partial charge in [0.15, 0.2) is 17.4 Å². The first-order valence-electron chi connectivity index (χ1n) is 0.549. The van der Waals surface area contributed by atoms with Crippen LogP contribution in [0.15, 0.2) is 0 Å². The van der Waals surface area contributed by atoms with Gasteiger partial charge in [0.05, 0.1) is 0 Å². The lowest BCUT2D eigenvalue weighted by atomic mass is 13.2. The SMILES string of the molecule is O=S.[N-]=[N+]=O. The maximum absolute atomic E-state index is 8.11. The maximum Gasteiger partial charge on any atom is 0.197 e. The van der Waals surface area contributed by atoms with Crippen molar-refractivity contribution in [2.45, 2.75) is 0 Å². The summed E-state index contributed by atoms with van der Waals surface area (Å²) in [6.45, 7) is 0. The number of hydrogen-bond acceptors (Lipinski definition) is 3. The first kappa shape index (κ1) is 8.84. The standard InChI is InChI=1S/N2O.OS/c1-2-3;1-2. The van der Waals surface area contributed by atoms with Gasteiger partial charge >= 0.3 is 0 Å². The molecule has 0 aromatic heterocycles. The minimum Gasteiger partial charge on any atom is -0.294 e. The molecule has 0 aliphatic rings. The van der Waals surface area contributed by atoms with Gasteiger partial charge in [-0.3, -0.25) is 5.53 Å². The topological polar surface area (TPSA) is 70.5 Å². The molecule has 5 heteroatoms. The van der Waals surface area contributed by atoms with Crippen molar-refractivity contribution in [3.8, 4) is 0 Å². The highest BCUT2D eigenvalue weighted by Gasteiger charge is 1.06. The van der Waals surface area contributed by atoms with Crippen molar-refractivity contribution in [1.29, 1.82) is 0 Å². The molecular formula is N2O2S. The largest absolute Gasteiger partial charge is 0.294 e. The minimum atomic E-state index is 1.25. The van der Waals surface area contributed by atoms with Crippen molar-refractivity contribution < 1.29 is 4.21 Å². The normalized spacial score (nSPS) is 2.40. The number of nitrogens with zero attached hydrogens (tertiary/aromatic N) is 2. The smallest absolute Gasteiger partial charge is 0.197 e. The van der Waals surface area contributed by atoms with Gasteiger partial charge in [0, 0.05) is 0 Å². The van der Waals surface area contributed by atoms with Gasteiger partial charge in [-0.05, 0) is 0 Å². The van der Waals surface area contributed by atoms with Gasteiger partial charge in [-0.25, -0.2) is 0 Å². The second-order valence-electron chi connectivity index (χ2n) is 0.0816. The highest BCUT2D eigenvalue weighted by molar-refractivity contribution is 7.44. The van der Waals surface area contributed by atoms with E-state index >= 15 is 0 Å². The first-order valence-corrected chi connectivity index (χ1v) is 0.883. The number of nitroso groups, excluding NO2 is 1. The Labute approximate surface area is 33.2 Å². The molecule has 0 bridgehead atoms. The molecule has 5 heavy (non-hydrogen) atoms. The highest BCUT2D eigenvalue weighted by atomic mass is 32.1. The average Bonchev–Trinajstić information content (AvgIpc) is 1.46. The van der Waals surface area contributed by atoms with Crippen molar-refractivity contribution in [3.63, 3.8) is 0 Å². The Hall–Kier alpha value is -0.670. The second kappa shape index (κ2) is 166. The quantitative estimate of drug-likeness (QED) is 0.299. The summed E-state index contributed by atoms with van der Waals surface area (Å²) < 4.78 is 7.83. The average molecular weight is 92.1 g/mol. The Morgan fingerprint density at radius 3 is 1.60 bits per heavy atom. The van der Waals surface area contributed by atoms with Crippen LogP contribution in [0.3, 0.4) is 0 Å². The van der Waals surface area contributed by atoms with Crippen molar-refractivity contribution >= 4 is 12.5 Å². The van der Waals surface area contributed by atoms with Gasteiger partial charge < -0.3 is 0 Å². The monoisotopic (exact) mass is 92.0 g/mol. The Balaban J connectivity index is 0. The van der Waals surface area contributed by atoms with Crippen molar-refractivity contribution in [2.75, 3.05) is 0 Å². The van der Waals surface area contributed by atoms with E-state index in [0.717, 1.165) is 0 Å². The van der Waals surface area contributed by atoms with E-state index in [0.29, 0.717) is 0 Å². The summed E-state index contributed by atoms with van der Waals surface area (Å²) in [6.07, 6.45) is 0. The molecule has 0 aromatic carbocycles. The molecular weight excluding hydrogens is 92.1 g/mol. The Morgan fingerprint density at radius 2 is 1.60 bits per heavy atom. The third kappa shape index (κ3) is 13.1. The molecule has 0 amide bonds. The van der Waals surface area contributed by atoms with Crippen molar-refractivity contribution in [1.82, 2.24) is 4.97 Å². The summed E-state index contributed by atoms with van der Waals surface area (Å²) in [7, 11) is 0. The van der Waals surface area contributed by atoms with Crippen molar-refractivity contribution in [3.05, 3.63) is 10.4 Å². The summed E-state index contributed by atoms with van der Waals surface area (Å²) in [4.78, 5) is 9.36. The summed E-state index contributed by atoms with van der Waals surface area (Å²) in [6, 6.07) is 0. The van der Waals surface area contributed by atoms with Gasteiger partial charge in [0.1, 0.15) is 4.97 Å². The molecule has 0 fully saturated rings. The van der Waals surface area contributed by atoms with Gasteiger partial charge in [-0.2, -0.15) is 4.21 Å². The molecule has 0 aromatic rings. The molecule has 0 radical (unpaired) electrons. The van der Waals surface area contributed by atoms with Crippen LogP contribution in [0, 0.1) is 4.91 Å². The third-order valence-corrected chi connectivity index (χ3v) is 0. The molecule has 0 aliphatic heterocycles. The predicted octanol–water partition coefficient (Wildman–Crippen LogP) is -0.495. The molecule has 0 saturated heterocycles. The van der Waals surface area contributed by atoms with Crippen LogP contribution in [0.5, 0.6) is 0 Å². The van der Waals surface area contributed by atoms with Crippen LogP contribution in [0.25, 0.3) is 5.53 Å². The predicted molar refractivity (Wildman–Crippen MR) is 17.0 cm³/mol. The lowest BCUT2D eigenvalue weighted by Crippen LogP contribution is -1.21. The molecule has 0 heterocycles. The molecule has 0 aliphatic carbocycles. The Bertz CT molecular complexity index is 36.9. The molecule has 4 nitrogen and oxygen atoms in total.